The highest BCUT2D eigenvalue weighted by Crippen LogP contribution is 2.29. The van der Waals surface area contributed by atoms with E-state index in [-0.39, 0.29) is 30.1 Å². The summed E-state index contributed by atoms with van der Waals surface area (Å²) in [7, 11) is 0. The third kappa shape index (κ3) is 4.33. The van der Waals surface area contributed by atoms with E-state index in [1.807, 2.05) is 6.92 Å². The minimum absolute atomic E-state index is 0.0592. The maximum Gasteiger partial charge on any atom is 0.415 e. The molecule has 29 heavy (non-hydrogen) atoms. The lowest BCUT2D eigenvalue weighted by Gasteiger charge is -2.35. The number of amidine groups is 1. The van der Waals surface area contributed by atoms with Gasteiger partial charge in [-0.3, -0.25) is 19.9 Å². The molecule has 2 amide bonds. The first-order valence-corrected chi connectivity index (χ1v) is 9.76. The highest BCUT2D eigenvalue weighted by molar-refractivity contribution is 5.97. The highest BCUT2D eigenvalue weighted by atomic mass is 16.6. The molecule has 4 N–H and O–H groups in total. The molecule has 2 aliphatic heterocycles. The van der Waals surface area contributed by atoms with Crippen LogP contribution in [-0.2, 0) is 14.3 Å². The average molecular weight is 402 g/mol. The fourth-order valence-electron chi connectivity index (χ4n) is 4.06. The number of nitrogens with one attached hydrogen (secondary N) is 1. The maximum absolute atomic E-state index is 12.8. The van der Waals surface area contributed by atoms with Gasteiger partial charge in [0.25, 0.3) is 5.91 Å². The summed E-state index contributed by atoms with van der Waals surface area (Å²) in [6, 6.07) is 6.59. The molecule has 9 heteroatoms. The smallest absolute Gasteiger partial charge is 0.415 e. The van der Waals surface area contributed by atoms with Crippen molar-refractivity contribution >= 4 is 29.5 Å². The zero-order valence-electron chi connectivity index (χ0n) is 16.3. The van der Waals surface area contributed by atoms with Crippen molar-refractivity contribution < 1.29 is 24.2 Å². The van der Waals surface area contributed by atoms with E-state index in [1.54, 1.807) is 29.2 Å². The van der Waals surface area contributed by atoms with Gasteiger partial charge in [0.05, 0.1) is 12.5 Å². The van der Waals surface area contributed by atoms with E-state index < -0.39 is 18.2 Å². The molecule has 2 fully saturated rings. The summed E-state index contributed by atoms with van der Waals surface area (Å²) in [5.41, 5.74) is 6.55. The Morgan fingerprint density at radius 3 is 2.41 bits per heavy atom. The third-order valence-corrected chi connectivity index (χ3v) is 5.75. The van der Waals surface area contributed by atoms with Crippen LogP contribution in [0.4, 0.5) is 10.5 Å². The molecule has 0 aliphatic carbocycles. The van der Waals surface area contributed by atoms with Crippen LogP contribution in [0, 0.1) is 17.2 Å². The molecule has 0 aromatic heterocycles. The standard InChI is InChI=1S/C20H26N4O5/c1-2-15(19(26)27)12-7-9-23(10-8-12)18(25)16-11-24(20(28)29-16)14-5-3-13(4-6-14)17(21)22/h3-6,12,15-16H,2,7-11H2,1H3,(H3,21,22)(H,26,27). The number of hydrogen-bond donors (Lipinski definition) is 3. The Kier molecular flexibility index (Phi) is 6.05. The molecule has 3 rings (SSSR count). The lowest BCUT2D eigenvalue weighted by atomic mass is 9.82. The summed E-state index contributed by atoms with van der Waals surface area (Å²) in [4.78, 5) is 39.5. The first-order valence-electron chi connectivity index (χ1n) is 9.76. The fourth-order valence-corrected chi connectivity index (χ4v) is 4.06. The number of likely N-dealkylation sites (tertiary alicyclic amines) is 1. The molecule has 9 nitrogen and oxygen atoms in total. The van der Waals surface area contributed by atoms with Crippen LogP contribution in [0.3, 0.4) is 0 Å². The monoisotopic (exact) mass is 402 g/mol. The van der Waals surface area contributed by atoms with Crippen molar-refractivity contribution in [3.63, 3.8) is 0 Å². The molecular formula is C20H26N4O5. The maximum atomic E-state index is 12.8. The number of rotatable bonds is 6. The second kappa shape index (κ2) is 8.50. The van der Waals surface area contributed by atoms with Crippen LogP contribution in [0.15, 0.2) is 24.3 Å². The van der Waals surface area contributed by atoms with Crippen molar-refractivity contribution in [1.82, 2.24) is 4.90 Å². The lowest BCUT2D eigenvalue weighted by molar-refractivity contribution is -0.145. The van der Waals surface area contributed by atoms with Crippen molar-refractivity contribution in [3.8, 4) is 0 Å². The summed E-state index contributed by atoms with van der Waals surface area (Å²) in [5, 5.41) is 16.7. The number of nitrogens with two attached hydrogens (primary N) is 1. The summed E-state index contributed by atoms with van der Waals surface area (Å²) >= 11 is 0. The zero-order valence-corrected chi connectivity index (χ0v) is 16.3. The summed E-state index contributed by atoms with van der Waals surface area (Å²) in [5.74, 6) is -1.42. The molecule has 1 aromatic carbocycles. The topological polar surface area (TPSA) is 137 Å². The highest BCUT2D eigenvalue weighted by Gasteiger charge is 2.40. The molecule has 156 valence electrons. The van der Waals surface area contributed by atoms with E-state index in [0.29, 0.717) is 43.6 Å². The molecule has 0 bridgehead atoms. The molecule has 2 atom stereocenters. The Balaban J connectivity index is 1.59. The van der Waals surface area contributed by atoms with Gasteiger partial charge in [-0.15, -0.1) is 0 Å². The van der Waals surface area contributed by atoms with Gasteiger partial charge in [0.2, 0.25) is 0 Å². The van der Waals surface area contributed by atoms with E-state index in [1.165, 1.54) is 4.90 Å². The number of ether oxygens (including phenoxy) is 1. The van der Waals surface area contributed by atoms with Gasteiger partial charge in [0.1, 0.15) is 5.84 Å². The second-order valence-corrected chi connectivity index (χ2v) is 7.46. The van der Waals surface area contributed by atoms with Crippen LogP contribution in [0.5, 0.6) is 0 Å². The number of amides is 2. The Hall–Kier alpha value is -3.10. The van der Waals surface area contributed by atoms with Gasteiger partial charge in [-0.1, -0.05) is 6.92 Å². The van der Waals surface area contributed by atoms with E-state index in [2.05, 4.69) is 0 Å². The number of hydrogen-bond acceptors (Lipinski definition) is 5. The van der Waals surface area contributed by atoms with Crippen molar-refractivity contribution in [1.29, 1.82) is 5.41 Å². The number of aliphatic carboxylic acids is 1. The molecule has 0 spiro atoms. The fraction of sp³-hybridized carbons (Fsp3) is 0.500. The lowest BCUT2D eigenvalue weighted by Crippen LogP contribution is -2.46. The van der Waals surface area contributed by atoms with Crippen molar-refractivity contribution in [2.24, 2.45) is 17.6 Å². The minimum Gasteiger partial charge on any atom is -0.481 e. The Labute approximate surface area is 168 Å². The summed E-state index contributed by atoms with van der Waals surface area (Å²) in [6.45, 7) is 2.92. The Morgan fingerprint density at radius 2 is 1.90 bits per heavy atom. The van der Waals surface area contributed by atoms with Crippen LogP contribution < -0.4 is 10.6 Å². The van der Waals surface area contributed by atoms with Crippen molar-refractivity contribution in [2.75, 3.05) is 24.5 Å². The zero-order chi connectivity index (χ0) is 21.1. The van der Waals surface area contributed by atoms with Gasteiger partial charge in [0, 0.05) is 24.3 Å². The minimum atomic E-state index is -0.882. The number of carbonyl (C=O) groups is 3. The van der Waals surface area contributed by atoms with Crippen LogP contribution in [0.2, 0.25) is 0 Å². The second-order valence-electron chi connectivity index (χ2n) is 7.46. The number of benzene rings is 1. The molecule has 1 aromatic rings. The van der Waals surface area contributed by atoms with Gasteiger partial charge >= 0.3 is 12.1 Å². The van der Waals surface area contributed by atoms with Crippen molar-refractivity contribution in [3.05, 3.63) is 29.8 Å². The van der Waals surface area contributed by atoms with Gasteiger partial charge in [-0.25, -0.2) is 4.79 Å². The number of anilines is 1. The van der Waals surface area contributed by atoms with Gasteiger partial charge in [-0.2, -0.15) is 0 Å². The first-order chi connectivity index (χ1) is 13.8. The molecule has 0 radical (unpaired) electrons. The summed E-state index contributed by atoms with van der Waals surface area (Å²) in [6.07, 6.45) is 0.366. The molecule has 2 saturated heterocycles. The average Bonchev–Trinajstić information content (AvgIpc) is 3.10. The molecule has 0 saturated carbocycles. The number of carboxylic acid groups (broad SMARTS) is 1. The van der Waals surface area contributed by atoms with Gasteiger partial charge < -0.3 is 20.5 Å². The van der Waals surface area contributed by atoms with Gasteiger partial charge in [-0.05, 0) is 49.4 Å². The number of carbonyl (C=O) groups excluding carboxylic acids is 2. The van der Waals surface area contributed by atoms with Gasteiger partial charge in [0.15, 0.2) is 6.10 Å². The molecule has 2 heterocycles. The number of carboxylic acids is 1. The quantitative estimate of drug-likeness (QED) is 0.489. The predicted octanol–water partition coefficient (Wildman–Crippen LogP) is 1.65. The summed E-state index contributed by atoms with van der Waals surface area (Å²) < 4.78 is 5.29. The number of nitrogens with zero attached hydrogens (tertiary/aromatic N) is 2. The Morgan fingerprint density at radius 1 is 1.28 bits per heavy atom. The molecule has 2 unspecified atom stereocenters. The number of nitrogen functional groups attached to an aromatic ring is 1. The molecule has 2 aliphatic rings. The van der Waals surface area contributed by atoms with Crippen LogP contribution in [-0.4, -0.2) is 59.6 Å². The predicted molar refractivity (Wildman–Crippen MR) is 106 cm³/mol. The Bertz CT molecular complexity index is 802. The SMILES string of the molecule is CCC(C(=O)O)C1CCN(C(=O)C2CN(c3ccc(C(=N)N)cc3)C(=O)O2)CC1. The van der Waals surface area contributed by atoms with E-state index in [4.69, 9.17) is 15.9 Å². The third-order valence-electron chi connectivity index (χ3n) is 5.75. The molecular weight excluding hydrogens is 376 g/mol. The van der Waals surface area contributed by atoms with E-state index in [0.717, 1.165) is 0 Å². The van der Waals surface area contributed by atoms with Crippen LogP contribution in [0.25, 0.3) is 0 Å². The van der Waals surface area contributed by atoms with Crippen LogP contribution >= 0.6 is 0 Å². The van der Waals surface area contributed by atoms with E-state index in [9.17, 15) is 19.5 Å². The normalized spacial score (nSPS) is 21.0. The van der Waals surface area contributed by atoms with E-state index >= 15 is 0 Å². The first kappa shape index (κ1) is 20.6. The number of piperidine rings is 1. The van der Waals surface area contributed by atoms with Crippen LogP contribution in [0.1, 0.15) is 31.7 Å². The number of cyclic esters (lactones) is 1. The van der Waals surface area contributed by atoms with Crippen molar-refractivity contribution in [2.45, 2.75) is 32.3 Å². The largest absolute Gasteiger partial charge is 0.481 e.